The SMILES string of the molecule is CC1(CNCCCCCCCN)CCOCC1. The van der Waals surface area contributed by atoms with Crippen LogP contribution in [-0.2, 0) is 4.74 Å². The van der Waals surface area contributed by atoms with Crippen LogP contribution in [0.2, 0.25) is 0 Å². The number of nitrogens with one attached hydrogen (secondary N) is 1. The third kappa shape index (κ3) is 7.02. The molecule has 1 aliphatic rings. The Morgan fingerprint density at radius 1 is 1.06 bits per heavy atom. The van der Waals surface area contributed by atoms with Crippen molar-refractivity contribution in [1.82, 2.24) is 5.32 Å². The van der Waals surface area contributed by atoms with Crippen molar-refractivity contribution < 1.29 is 4.74 Å². The zero-order valence-corrected chi connectivity index (χ0v) is 11.5. The first-order chi connectivity index (χ1) is 8.27. The van der Waals surface area contributed by atoms with E-state index in [4.69, 9.17) is 10.5 Å². The summed E-state index contributed by atoms with van der Waals surface area (Å²) in [5, 5.41) is 3.61. The molecule has 0 amide bonds. The molecule has 0 aromatic carbocycles. The van der Waals surface area contributed by atoms with Crippen molar-refractivity contribution in [2.45, 2.75) is 51.9 Å². The average molecular weight is 242 g/mol. The van der Waals surface area contributed by atoms with Crippen LogP contribution in [0, 0.1) is 5.41 Å². The van der Waals surface area contributed by atoms with Crippen molar-refractivity contribution in [2.24, 2.45) is 11.1 Å². The van der Waals surface area contributed by atoms with Crippen LogP contribution in [0.1, 0.15) is 51.9 Å². The van der Waals surface area contributed by atoms with Crippen LogP contribution in [-0.4, -0.2) is 32.8 Å². The molecule has 3 N–H and O–H groups in total. The second-order valence-electron chi connectivity index (χ2n) is 5.66. The highest BCUT2D eigenvalue weighted by atomic mass is 16.5. The first-order valence-corrected chi connectivity index (χ1v) is 7.25. The zero-order valence-electron chi connectivity index (χ0n) is 11.5. The average Bonchev–Trinajstić information content (AvgIpc) is 2.33. The Morgan fingerprint density at radius 2 is 1.71 bits per heavy atom. The summed E-state index contributed by atoms with van der Waals surface area (Å²) >= 11 is 0. The van der Waals surface area contributed by atoms with Crippen LogP contribution in [0.5, 0.6) is 0 Å². The number of nitrogens with two attached hydrogens (primary N) is 1. The van der Waals surface area contributed by atoms with Gasteiger partial charge in [0.25, 0.3) is 0 Å². The monoisotopic (exact) mass is 242 g/mol. The summed E-state index contributed by atoms with van der Waals surface area (Å²) in [4.78, 5) is 0. The van der Waals surface area contributed by atoms with Gasteiger partial charge >= 0.3 is 0 Å². The maximum Gasteiger partial charge on any atom is 0.0471 e. The molecule has 0 bridgehead atoms. The summed E-state index contributed by atoms with van der Waals surface area (Å²) in [5.74, 6) is 0. The van der Waals surface area contributed by atoms with Crippen molar-refractivity contribution in [3.8, 4) is 0 Å². The van der Waals surface area contributed by atoms with E-state index in [0.29, 0.717) is 5.41 Å². The van der Waals surface area contributed by atoms with Crippen LogP contribution in [0.15, 0.2) is 0 Å². The highest BCUT2D eigenvalue weighted by molar-refractivity contribution is 4.79. The van der Waals surface area contributed by atoms with Gasteiger partial charge in [-0.1, -0.05) is 26.2 Å². The number of rotatable bonds is 9. The van der Waals surface area contributed by atoms with Crippen molar-refractivity contribution in [3.05, 3.63) is 0 Å². The van der Waals surface area contributed by atoms with Crippen molar-refractivity contribution in [1.29, 1.82) is 0 Å². The molecule has 0 saturated carbocycles. The van der Waals surface area contributed by atoms with Gasteiger partial charge in [0.05, 0.1) is 0 Å². The van der Waals surface area contributed by atoms with Crippen LogP contribution < -0.4 is 11.1 Å². The molecule has 3 heteroatoms. The molecule has 0 spiro atoms. The minimum Gasteiger partial charge on any atom is -0.381 e. The van der Waals surface area contributed by atoms with Crippen LogP contribution in [0.25, 0.3) is 0 Å². The molecule has 3 nitrogen and oxygen atoms in total. The van der Waals surface area contributed by atoms with E-state index >= 15 is 0 Å². The van der Waals surface area contributed by atoms with E-state index in [1.807, 2.05) is 0 Å². The smallest absolute Gasteiger partial charge is 0.0471 e. The van der Waals surface area contributed by atoms with E-state index < -0.39 is 0 Å². The van der Waals surface area contributed by atoms with Crippen LogP contribution >= 0.6 is 0 Å². The molecule has 0 aromatic heterocycles. The van der Waals surface area contributed by atoms with E-state index in [1.54, 1.807) is 0 Å². The van der Waals surface area contributed by atoms with E-state index in [2.05, 4.69) is 12.2 Å². The summed E-state index contributed by atoms with van der Waals surface area (Å²) in [7, 11) is 0. The molecule has 1 fully saturated rings. The Hall–Kier alpha value is -0.120. The normalized spacial score (nSPS) is 19.4. The summed E-state index contributed by atoms with van der Waals surface area (Å²) in [6, 6.07) is 0. The van der Waals surface area contributed by atoms with E-state index in [-0.39, 0.29) is 0 Å². The molecular weight excluding hydrogens is 212 g/mol. The van der Waals surface area contributed by atoms with Gasteiger partial charge in [-0.05, 0) is 44.2 Å². The van der Waals surface area contributed by atoms with Gasteiger partial charge in [-0.3, -0.25) is 0 Å². The first kappa shape index (κ1) is 14.9. The quantitative estimate of drug-likeness (QED) is 0.610. The topological polar surface area (TPSA) is 47.3 Å². The number of unbranched alkanes of at least 4 members (excludes halogenated alkanes) is 4. The maximum absolute atomic E-state index is 5.47. The number of ether oxygens (including phenoxy) is 1. The Bertz CT molecular complexity index is 179. The van der Waals surface area contributed by atoms with E-state index in [1.165, 1.54) is 51.5 Å². The number of hydrogen-bond donors (Lipinski definition) is 2. The summed E-state index contributed by atoms with van der Waals surface area (Å²) in [5.41, 5.74) is 5.94. The molecule has 102 valence electrons. The third-order valence-corrected chi connectivity index (χ3v) is 3.81. The van der Waals surface area contributed by atoms with Gasteiger partial charge in [-0.25, -0.2) is 0 Å². The molecule has 1 heterocycles. The van der Waals surface area contributed by atoms with Crippen molar-refractivity contribution >= 4 is 0 Å². The lowest BCUT2D eigenvalue weighted by Crippen LogP contribution is -2.37. The Labute approximate surface area is 106 Å². The van der Waals surface area contributed by atoms with Crippen molar-refractivity contribution in [3.63, 3.8) is 0 Å². The molecule has 0 radical (unpaired) electrons. The highest BCUT2D eigenvalue weighted by Gasteiger charge is 2.26. The summed E-state index contributed by atoms with van der Waals surface area (Å²) < 4.78 is 5.41. The predicted molar refractivity (Wildman–Crippen MR) is 73.2 cm³/mol. The van der Waals surface area contributed by atoms with Gasteiger partial charge in [0, 0.05) is 19.8 Å². The van der Waals surface area contributed by atoms with E-state index in [0.717, 1.165) is 26.3 Å². The lowest BCUT2D eigenvalue weighted by atomic mass is 9.82. The minimum atomic E-state index is 0.470. The highest BCUT2D eigenvalue weighted by Crippen LogP contribution is 2.28. The van der Waals surface area contributed by atoms with Gasteiger partial charge in [-0.2, -0.15) is 0 Å². The molecule has 0 aromatic rings. The molecule has 1 saturated heterocycles. The molecule has 1 rings (SSSR count). The molecule has 0 unspecified atom stereocenters. The van der Waals surface area contributed by atoms with Gasteiger partial charge in [0.15, 0.2) is 0 Å². The zero-order chi connectivity index (χ0) is 12.4. The lowest BCUT2D eigenvalue weighted by molar-refractivity contribution is 0.0242. The van der Waals surface area contributed by atoms with Gasteiger partial charge < -0.3 is 15.8 Å². The Balaban J connectivity index is 1.89. The fourth-order valence-corrected chi connectivity index (χ4v) is 2.36. The maximum atomic E-state index is 5.47. The van der Waals surface area contributed by atoms with Crippen molar-refractivity contribution in [2.75, 3.05) is 32.8 Å². The summed E-state index contributed by atoms with van der Waals surface area (Å²) in [6.07, 6.45) is 8.87. The molecule has 17 heavy (non-hydrogen) atoms. The Kier molecular flexibility index (Phi) is 7.82. The molecule has 0 aliphatic carbocycles. The van der Waals surface area contributed by atoms with Gasteiger partial charge in [0.2, 0.25) is 0 Å². The largest absolute Gasteiger partial charge is 0.381 e. The lowest BCUT2D eigenvalue weighted by Gasteiger charge is -2.33. The van der Waals surface area contributed by atoms with Gasteiger partial charge in [-0.15, -0.1) is 0 Å². The minimum absolute atomic E-state index is 0.470. The fraction of sp³-hybridized carbons (Fsp3) is 1.00. The summed E-state index contributed by atoms with van der Waals surface area (Å²) in [6.45, 7) is 7.43. The molecular formula is C14H30N2O. The second-order valence-corrected chi connectivity index (χ2v) is 5.66. The van der Waals surface area contributed by atoms with Gasteiger partial charge in [0.1, 0.15) is 0 Å². The predicted octanol–water partition coefficient (Wildman–Crippen LogP) is 2.30. The Morgan fingerprint density at radius 3 is 2.41 bits per heavy atom. The second kappa shape index (κ2) is 8.90. The number of hydrogen-bond acceptors (Lipinski definition) is 3. The third-order valence-electron chi connectivity index (χ3n) is 3.81. The first-order valence-electron chi connectivity index (χ1n) is 7.25. The molecule has 0 atom stereocenters. The van der Waals surface area contributed by atoms with Crippen LogP contribution in [0.3, 0.4) is 0 Å². The van der Waals surface area contributed by atoms with Crippen LogP contribution in [0.4, 0.5) is 0 Å². The molecule has 1 aliphatic heterocycles. The fourth-order valence-electron chi connectivity index (χ4n) is 2.36. The van der Waals surface area contributed by atoms with E-state index in [9.17, 15) is 0 Å². The standard InChI is InChI=1S/C14H30N2O/c1-14(7-11-17-12-8-14)13-16-10-6-4-2-3-5-9-15/h16H,2-13,15H2,1H3.